The van der Waals surface area contributed by atoms with Crippen LogP contribution in [0, 0.1) is 12.7 Å². The van der Waals surface area contributed by atoms with Crippen molar-refractivity contribution in [2.24, 2.45) is 0 Å². The molecule has 2 aromatic rings. The Morgan fingerprint density at radius 2 is 2.00 bits per heavy atom. The smallest absolute Gasteiger partial charge is 0.237 e. The highest BCUT2D eigenvalue weighted by atomic mass is 32.2. The fourth-order valence-electron chi connectivity index (χ4n) is 1.47. The van der Waals surface area contributed by atoms with Gasteiger partial charge in [-0.15, -0.1) is 0 Å². The number of hydrogen-bond acceptors (Lipinski definition) is 4. The molecule has 104 valence electrons. The third kappa shape index (κ3) is 4.03. The van der Waals surface area contributed by atoms with E-state index in [1.807, 2.05) is 6.92 Å². The second kappa shape index (κ2) is 6.47. The van der Waals surface area contributed by atoms with Crippen LogP contribution in [0.15, 0.2) is 41.7 Å². The molecule has 2 rings (SSSR count). The van der Waals surface area contributed by atoms with Gasteiger partial charge in [-0.2, -0.15) is 0 Å². The van der Waals surface area contributed by atoms with E-state index in [1.54, 1.807) is 19.2 Å². The number of hydrogen-bond donors (Lipinski definition) is 1. The monoisotopic (exact) mass is 291 g/mol. The van der Waals surface area contributed by atoms with E-state index in [4.69, 9.17) is 0 Å². The Morgan fingerprint density at radius 3 is 2.65 bits per heavy atom. The molecule has 1 atom stereocenters. The molecule has 0 bridgehead atoms. The van der Waals surface area contributed by atoms with Crippen LogP contribution in [0.3, 0.4) is 0 Å². The van der Waals surface area contributed by atoms with Crippen molar-refractivity contribution >= 4 is 23.4 Å². The molecule has 0 unspecified atom stereocenters. The predicted molar refractivity (Wildman–Crippen MR) is 77.1 cm³/mol. The zero-order chi connectivity index (χ0) is 14.5. The highest BCUT2D eigenvalue weighted by Crippen LogP contribution is 2.20. The summed E-state index contributed by atoms with van der Waals surface area (Å²) >= 11 is 1.28. The molecular weight excluding hydrogens is 277 g/mol. The summed E-state index contributed by atoms with van der Waals surface area (Å²) in [6, 6.07) is 7.45. The number of thioether (sulfide) groups is 1. The summed E-state index contributed by atoms with van der Waals surface area (Å²) in [5.74, 6) is -0.509. The van der Waals surface area contributed by atoms with Crippen molar-refractivity contribution in [2.75, 3.05) is 5.32 Å². The lowest BCUT2D eigenvalue weighted by molar-refractivity contribution is -0.115. The highest BCUT2D eigenvalue weighted by molar-refractivity contribution is 8.00. The van der Waals surface area contributed by atoms with Crippen molar-refractivity contribution < 1.29 is 9.18 Å². The Labute approximate surface area is 120 Å². The van der Waals surface area contributed by atoms with Crippen molar-refractivity contribution in [1.82, 2.24) is 9.97 Å². The first-order chi connectivity index (χ1) is 9.54. The van der Waals surface area contributed by atoms with E-state index in [-0.39, 0.29) is 17.0 Å². The maximum absolute atomic E-state index is 12.8. The Bertz CT molecular complexity index is 604. The molecule has 1 amide bonds. The minimum atomic E-state index is -0.346. The van der Waals surface area contributed by atoms with Crippen molar-refractivity contribution in [2.45, 2.75) is 24.3 Å². The zero-order valence-corrected chi connectivity index (χ0v) is 11.9. The number of carbonyl (C=O) groups excluding carboxylic acids is 1. The highest BCUT2D eigenvalue weighted by Gasteiger charge is 2.16. The van der Waals surface area contributed by atoms with Gasteiger partial charge in [0.25, 0.3) is 0 Å². The van der Waals surface area contributed by atoms with Crippen LogP contribution >= 0.6 is 11.8 Å². The number of aromatic nitrogens is 2. The van der Waals surface area contributed by atoms with Gasteiger partial charge in [0.1, 0.15) is 5.82 Å². The summed E-state index contributed by atoms with van der Waals surface area (Å²) in [6.45, 7) is 3.64. The number of benzene rings is 1. The van der Waals surface area contributed by atoms with E-state index in [0.29, 0.717) is 10.8 Å². The summed E-state index contributed by atoms with van der Waals surface area (Å²) in [5.41, 5.74) is 1.42. The van der Waals surface area contributed by atoms with Crippen LogP contribution in [0.4, 0.5) is 10.1 Å². The average Bonchev–Trinajstić information content (AvgIpc) is 2.41. The molecule has 0 spiro atoms. The van der Waals surface area contributed by atoms with Gasteiger partial charge in [0.2, 0.25) is 5.91 Å². The standard InChI is InChI=1S/C14H14FN3OS/c1-9-7-8-16-14(17-9)20-10(2)13(19)18-12-5-3-11(15)4-6-12/h3-8,10H,1-2H3,(H,18,19)/t10-/m1/s1. The Hall–Kier alpha value is -1.95. The van der Waals surface area contributed by atoms with E-state index in [1.165, 1.54) is 36.0 Å². The molecule has 0 fully saturated rings. The first kappa shape index (κ1) is 14.5. The number of anilines is 1. The predicted octanol–water partition coefficient (Wildman–Crippen LogP) is 3.04. The Kier molecular flexibility index (Phi) is 4.68. The second-order valence-electron chi connectivity index (χ2n) is 4.24. The molecule has 4 nitrogen and oxygen atoms in total. The fourth-order valence-corrected chi connectivity index (χ4v) is 2.27. The maximum Gasteiger partial charge on any atom is 0.237 e. The van der Waals surface area contributed by atoms with Gasteiger partial charge >= 0.3 is 0 Å². The number of rotatable bonds is 4. The number of aryl methyl sites for hydroxylation is 1. The summed E-state index contributed by atoms with van der Waals surface area (Å²) in [7, 11) is 0. The minimum Gasteiger partial charge on any atom is -0.325 e. The fraction of sp³-hybridized carbons (Fsp3) is 0.214. The Balaban J connectivity index is 1.96. The number of halogens is 1. The summed E-state index contributed by atoms with van der Waals surface area (Å²) in [4.78, 5) is 20.3. The largest absolute Gasteiger partial charge is 0.325 e. The number of nitrogens with zero attached hydrogens (tertiary/aromatic N) is 2. The van der Waals surface area contributed by atoms with Crippen LogP contribution in [0.2, 0.25) is 0 Å². The topological polar surface area (TPSA) is 54.9 Å². The lowest BCUT2D eigenvalue weighted by Crippen LogP contribution is -2.22. The molecule has 20 heavy (non-hydrogen) atoms. The number of amides is 1. The molecule has 6 heteroatoms. The van der Waals surface area contributed by atoms with Gasteiger partial charge in [-0.25, -0.2) is 14.4 Å². The van der Waals surface area contributed by atoms with E-state index in [9.17, 15) is 9.18 Å². The lowest BCUT2D eigenvalue weighted by atomic mass is 10.3. The first-order valence-electron chi connectivity index (χ1n) is 6.07. The molecule has 1 N–H and O–H groups in total. The van der Waals surface area contributed by atoms with E-state index >= 15 is 0 Å². The molecule has 1 heterocycles. The van der Waals surface area contributed by atoms with Crippen LogP contribution < -0.4 is 5.32 Å². The summed E-state index contributed by atoms with van der Waals surface area (Å²) < 4.78 is 12.8. The van der Waals surface area contributed by atoms with Gasteiger partial charge in [-0.05, 0) is 44.2 Å². The molecule has 0 saturated carbocycles. The van der Waals surface area contributed by atoms with Crippen molar-refractivity contribution in [3.63, 3.8) is 0 Å². The zero-order valence-electron chi connectivity index (χ0n) is 11.1. The van der Waals surface area contributed by atoms with Crippen molar-refractivity contribution in [3.05, 3.63) is 48.0 Å². The third-order valence-corrected chi connectivity index (χ3v) is 3.51. The molecule has 0 aliphatic carbocycles. The van der Waals surface area contributed by atoms with Crippen LogP contribution in [-0.4, -0.2) is 21.1 Å². The van der Waals surface area contributed by atoms with Crippen LogP contribution in [0.25, 0.3) is 0 Å². The van der Waals surface area contributed by atoms with Crippen molar-refractivity contribution in [1.29, 1.82) is 0 Å². The maximum atomic E-state index is 12.8. The normalized spacial score (nSPS) is 11.9. The van der Waals surface area contributed by atoms with Crippen LogP contribution in [-0.2, 0) is 4.79 Å². The molecule has 0 radical (unpaired) electrons. The van der Waals surface area contributed by atoms with E-state index in [2.05, 4.69) is 15.3 Å². The van der Waals surface area contributed by atoms with Crippen molar-refractivity contribution in [3.8, 4) is 0 Å². The molecule has 0 aliphatic heterocycles. The van der Waals surface area contributed by atoms with Gasteiger partial charge in [0.05, 0.1) is 5.25 Å². The van der Waals surface area contributed by atoms with Crippen LogP contribution in [0.1, 0.15) is 12.6 Å². The second-order valence-corrected chi connectivity index (χ2v) is 5.54. The van der Waals surface area contributed by atoms with Gasteiger partial charge in [-0.1, -0.05) is 11.8 Å². The number of nitrogens with one attached hydrogen (secondary N) is 1. The van der Waals surface area contributed by atoms with Gasteiger partial charge in [0, 0.05) is 17.6 Å². The SMILES string of the molecule is Cc1ccnc(S[C@H](C)C(=O)Nc2ccc(F)cc2)n1. The van der Waals surface area contributed by atoms with E-state index in [0.717, 1.165) is 5.69 Å². The molecule has 1 aromatic carbocycles. The molecule has 0 saturated heterocycles. The minimum absolute atomic E-state index is 0.174. The summed E-state index contributed by atoms with van der Waals surface area (Å²) in [6.07, 6.45) is 1.66. The third-order valence-electron chi connectivity index (χ3n) is 2.54. The summed E-state index contributed by atoms with van der Waals surface area (Å²) in [5, 5.41) is 2.94. The average molecular weight is 291 g/mol. The molecule has 0 aliphatic rings. The van der Waals surface area contributed by atoms with E-state index < -0.39 is 0 Å². The molecule has 1 aromatic heterocycles. The first-order valence-corrected chi connectivity index (χ1v) is 6.95. The van der Waals surface area contributed by atoms with Crippen LogP contribution in [0.5, 0.6) is 0 Å². The number of carbonyl (C=O) groups is 1. The van der Waals surface area contributed by atoms with Gasteiger partial charge < -0.3 is 5.32 Å². The quantitative estimate of drug-likeness (QED) is 0.695. The van der Waals surface area contributed by atoms with Gasteiger partial charge in [0.15, 0.2) is 5.16 Å². The molecular formula is C14H14FN3OS. The lowest BCUT2D eigenvalue weighted by Gasteiger charge is -2.11. The Morgan fingerprint density at radius 1 is 1.30 bits per heavy atom. The van der Waals surface area contributed by atoms with Gasteiger partial charge in [-0.3, -0.25) is 4.79 Å².